The molecule has 1 unspecified atom stereocenters. The molecule has 11 heavy (non-hydrogen) atoms. The topological polar surface area (TPSA) is 66.4 Å². The number of esters is 1. The lowest BCUT2D eigenvalue weighted by Crippen LogP contribution is -2.49. The largest absolute Gasteiger partial charge is 0.549 e. The van der Waals surface area contributed by atoms with E-state index >= 15 is 0 Å². The Morgan fingerprint density at radius 2 is 2.18 bits per heavy atom. The van der Waals surface area contributed by atoms with Crippen molar-refractivity contribution in [3.63, 3.8) is 0 Å². The molecular weight excluding hydrogens is 148 g/mol. The third-order valence-electron chi connectivity index (χ3n) is 1.76. The van der Waals surface area contributed by atoms with Crippen molar-refractivity contribution in [2.24, 2.45) is 5.41 Å². The summed E-state index contributed by atoms with van der Waals surface area (Å²) < 4.78 is 4.31. The number of methoxy groups -OCH3 is 1. The molecule has 0 saturated carbocycles. The second kappa shape index (κ2) is 2.38. The van der Waals surface area contributed by atoms with Gasteiger partial charge in [0, 0.05) is 0 Å². The maximum atomic E-state index is 10.9. The van der Waals surface area contributed by atoms with E-state index in [4.69, 9.17) is 0 Å². The summed E-state index contributed by atoms with van der Waals surface area (Å²) in [5, 5.41) is 10.4. The first kappa shape index (κ1) is 7.78. The first-order valence-corrected chi connectivity index (χ1v) is 3.11. The van der Waals surface area contributed by atoms with Crippen LogP contribution < -0.4 is 5.11 Å². The Hall–Kier alpha value is -1.32. The van der Waals surface area contributed by atoms with Crippen LogP contribution in [0.25, 0.3) is 0 Å². The van der Waals surface area contributed by atoms with Gasteiger partial charge in [-0.25, -0.2) is 0 Å². The summed E-state index contributed by atoms with van der Waals surface area (Å²) in [5.41, 5.74) is -1.51. The van der Waals surface area contributed by atoms with E-state index in [-0.39, 0.29) is 6.42 Å². The number of carbonyl (C=O) groups is 2. The fourth-order valence-corrected chi connectivity index (χ4v) is 0.922. The van der Waals surface area contributed by atoms with Gasteiger partial charge in [-0.2, -0.15) is 0 Å². The molecule has 0 heterocycles. The zero-order valence-electron chi connectivity index (χ0n) is 5.99. The maximum absolute atomic E-state index is 10.9. The highest BCUT2D eigenvalue weighted by Gasteiger charge is 2.42. The first-order chi connectivity index (χ1) is 5.13. The fraction of sp³-hybridized carbons (Fsp3) is 0.429. The molecule has 0 aromatic carbocycles. The van der Waals surface area contributed by atoms with Crippen LogP contribution in [0.3, 0.4) is 0 Å². The third-order valence-corrected chi connectivity index (χ3v) is 1.76. The highest BCUT2D eigenvalue weighted by molar-refractivity contribution is 6.02. The van der Waals surface area contributed by atoms with Crippen molar-refractivity contribution >= 4 is 11.9 Å². The lowest BCUT2D eigenvalue weighted by atomic mass is 9.76. The van der Waals surface area contributed by atoms with Crippen LogP contribution in [-0.2, 0) is 14.3 Å². The monoisotopic (exact) mass is 155 g/mol. The number of rotatable bonds is 2. The average Bonchev–Trinajstić information content (AvgIpc) is 1.84. The minimum absolute atomic E-state index is 0.169. The molecule has 60 valence electrons. The Morgan fingerprint density at radius 1 is 1.64 bits per heavy atom. The Labute approximate surface area is 63.5 Å². The van der Waals surface area contributed by atoms with Crippen LogP contribution in [-0.4, -0.2) is 19.0 Å². The Kier molecular flexibility index (Phi) is 1.68. The summed E-state index contributed by atoms with van der Waals surface area (Å²) in [6, 6.07) is 0. The lowest BCUT2D eigenvalue weighted by Gasteiger charge is -2.32. The molecule has 0 spiro atoms. The maximum Gasteiger partial charge on any atom is 0.321 e. The van der Waals surface area contributed by atoms with Crippen molar-refractivity contribution in [2.45, 2.75) is 6.42 Å². The van der Waals surface area contributed by atoms with Crippen molar-refractivity contribution in [1.82, 2.24) is 0 Å². The van der Waals surface area contributed by atoms with Crippen LogP contribution >= 0.6 is 0 Å². The van der Waals surface area contributed by atoms with E-state index in [0.29, 0.717) is 0 Å². The first-order valence-electron chi connectivity index (χ1n) is 3.11. The predicted molar refractivity (Wildman–Crippen MR) is 33.2 cm³/mol. The summed E-state index contributed by atoms with van der Waals surface area (Å²) in [5.74, 6) is -2.16. The van der Waals surface area contributed by atoms with E-state index in [0.717, 1.165) is 7.11 Å². The molecule has 0 aromatic rings. The van der Waals surface area contributed by atoms with Gasteiger partial charge in [-0.05, 0) is 6.42 Å². The van der Waals surface area contributed by atoms with Gasteiger partial charge in [0.25, 0.3) is 0 Å². The molecule has 1 atom stereocenters. The molecule has 0 aromatic heterocycles. The number of ether oxygens (including phenoxy) is 1. The van der Waals surface area contributed by atoms with Crippen LogP contribution in [0.4, 0.5) is 0 Å². The van der Waals surface area contributed by atoms with Gasteiger partial charge in [-0.3, -0.25) is 4.79 Å². The van der Waals surface area contributed by atoms with Gasteiger partial charge >= 0.3 is 5.97 Å². The molecule has 4 nitrogen and oxygen atoms in total. The fourth-order valence-electron chi connectivity index (χ4n) is 0.922. The lowest BCUT2D eigenvalue weighted by molar-refractivity contribution is -0.316. The van der Waals surface area contributed by atoms with Gasteiger partial charge in [-0.15, -0.1) is 0 Å². The van der Waals surface area contributed by atoms with E-state index in [1.165, 1.54) is 6.08 Å². The average molecular weight is 155 g/mol. The molecule has 0 saturated heterocycles. The number of carbonyl (C=O) groups excluding carboxylic acids is 2. The Bertz CT molecular complexity index is 231. The third kappa shape index (κ3) is 0.906. The number of hydrogen-bond donors (Lipinski definition) is 0. The van der Waals surface area contributed by atoms with Crippen molar-refractivity contribution in [3.8, 4) is 0 Å². The molecule has 0 radical (unpaired) electrons. The summed E-state index contributed by atoms with van der Waals surface area (Å²) >= 11 is 0. The molecule has 4 heteroatoms. The van der Waals surface area contributed by atoms with Crippen molar-refractivity contribution < 1.29 is 19.4 Å². The summed E-state index contributed by atoms with van der Waals surface area (Å²) in [6.45, 7) is 0. The van der Waals surface area contributed by atoms with Gasteiger partial charge in [0.15, 0.2) is 0 Å². The number of hydrogen-bond acceptors (Lipinski definition) is 4. The molecule has 1 rings (SSSR count). The molecule has 0 fully saturated rings. The number of allylic oxidation sites excluding steroid dienone is 1. The van der Waals surface area contributed by atoms with Crippen LogP contribution in [0.1, 0.15) is 6.42 Å². The standard InChI is InChI=1S/C7H8O4/c1-11-6(10)7(5(8)9)3-2-4-7/h2-3H,4H2,1H3,(H,8,9)/p-1. The second-order valence-electron chi connectivity index (χ2n) is 2.36. The molecule has 0 bridgehead atoms. The van der Waals surface area contributed by atoms with E-state index < -0.39 is 17.4 Å². The van der Waals surface area contributed by atoms with Crippen LogP contribution in [0.5, 0.6) is 0 Å². The van der Waals surface area contributed by atoms with E-state index in [1.54, 1.807) is 6.08 Å². The number of carboxylic acids is 1. The van der Waals surface area contributed by atoms with Crippen molar-refractivity contribution in [1.29, 1.82) is 0 Å². The molecule has 0 amide bonds. The predicted octanol–water partition coefficient (Wildman–Crippen LogP) is -1.14. The van der Waals surface area contributed by atoms with Crippen LogP contribution in [0, 0.1) is 5.41 Å². The molecular formula is C7H7O4-. The zero-order valence-corrected chi connectivity index (χ0v) is 5.99. The minimum Gasteiger partial charge on any atom is -0.549 e. The zero-order chi connectivity index (χ0) is 8.48. The SMILES string of the molecule is COC(=O)C1(C(=O)[O-])C=CC1. The van der Waals surface area contributed by atoms with Crippen molar-refractivity contribution in [3.05, 3.63) is 12.2 Å². The normalized spacial score (nSPS) is 27.4. The highest BCUT2D eigenvalue weighted by atomic mass is 16.5. The van der Waals surface area contributed by atoms with Gasteiger partial charge in [-0.1, -0.05) is 12.2 Å². The summed E-state index contributed by atoms with van der Waals surface area (Å²) in [4.78, 5) is 21.3. The molecule has 1 aliphatic rings. The summed E-state index contributed by atoms with van der Waals surface area (Å²) in [7, 11) is 1.15. The Balaban J connectivity index is 2.86. The van der Waals surface area contributed by atoms with Gasteiger partial charge < -0.3 is 14.6 Å². The van der Waals surface area contributed by atoms with Crippen LogP contribution in [0.2, 0.25) is 0 Å². The smallest absolute Gasteiger partial charge is 0.321 e. The molecule has 0 aliphatic heterocycles. The van der Waals surface area contributed by atoms with E-state index in [9.17, 15) is 14.7 Å². The Morgan fingerprint density at radius 3 is 2.27 bits per heavy atom. The minimum atomic E-state index is -1.51. The van der Waals surface area contributed by atoms with Gasteiger partial charge in [0.2, 0.25) is 0 Å². The van der Waals surface area contributed by atoms with E-state index in [1.807, 2.05) is 0 Å². The molecule has 1 aliphatic carbocycles. The molecule has 0 N–H and O–H groups in total. The van der Waals surface area contributed by atoms with Crippen molar-refractivity contribution in [2.75, 3.05) is 7.11 Å². The summed E-state index contributed by atoms with van der Waals surface area (Å²) in [6.07, 6.45) is 3.04. The quantitative estimate of drug-likeness (QED) is 0.287. The highest BCUT2D eigenvalue weighted by Crippen LogP contribution is 2.33. The number of aliphatic carboxylic acids is 1. The second-order valence-corrected chi connectivity index (χ2v) is 2.36. The van der Waals surface area contributed by atoms with Crippen LogP contribution in [0.15, 0.2) is 12.2 Å². The number of carboxylic acid groups (broad SMARTS) is 1. The van der Waals surface area contributed by atoms with Gasteiger partial charge in [0.05, 0.1) is 13.1 Å². The van der Waals surface area contributed by atoms with Gasteiger partial charge in [0.1, 0.15) is 5.41 Å². The van der Waals surface area contributed by atoms with E-state index in [2.05, 4.69) is 4.74 Å².